The summed E-state index contributed by atoms with van der Waals surface area (Å²) in [5, 5.41) is 18.9. The second kappa shape index (κ2) is 10.6. The molecule has 162 valence electrons. The van der Waals surface area contributed by atoms with Crippen LogP contribution >= 0.6 is 0 Å². The van der Waals surface area contributed by atoms with Crippen molar-refractivity contribution in [1.82, 2.24) is 4.90 Å². The van der Waals surface area contributed by atoms with Crippen molar-refractivity contribution in [3.63, 3.8) is 0 Å². The van der Waals surface area contributed by atoms with Crippen LogP contribution in [0, 0.1) is 0 Å². The number of rotatable bonds is 11. The van der Waals surface area contributed by atoms with Gasteiger partial charge in [-0.25, -0.2) is 0 Å². The standard InChI is InChI=1S/C21H28F3NO4/c22-21(23,24)16-7-5-6-15(14-16)18(26)11-9-17-10-12-19(27)25(17)13-4-2-1-3-8-20(28)29/h5-7,14,17-18,26H,1-4,8-13H2,(H,28,29). The van der Waals surface area contributed by atoms with Gasteiger partial charge in [-0.15, -0.1) is 0 Å². The van der Waals surface area contributed by atoms with Gasteiger partial charge in [0.05, 0.1) is 11.7 Å². The van der Waals surface area contributed by atoms with Gasteiger partial charge >= 0.3 is 12.1 Å². The van der Waals surface area contributed by atoms with E-state index in [1.54, 1.807) is 4.90 Å². The number of unbranched alkanes of at least 4 members (excludes halogenated alkanes) is 3. The minimum absolute atomic E-state index is 0.0121. The number of aliphatic carboxylic acids is 1. The lowest BCUT2D eigenvalue weighted by Gasteiger charge is -2.26. The number of alkyl halides is 3. The summed E-state index contributed by atoms with van der Waals surface area (Å²) in [6.45, 7) is 0.593. The fourth-order valence-corrected chi connectivity index (χ4v) is 3.75. The minimum Gasteiger partial charge on any atom is -0.481 e. The number of amides is 1. The minimum atomic E-state index is -4.45. The van der Waals surface area contributed by atoms with Crippen LogP contribution in [0.5, 0.6) is 0 Å². The Bertz CT molecular complexity index is 693. The van der Waals surface area contributed by atoms with Gasteiger partial charge in [-0.05, 0) is 49.8 Å². The molecule has 5 nitrogen and oxygen atoms in total. The summed E-state index contributed by atoms with van der Waals surface area (Å²) in [5.41, 5.74) is -0.552. The second-order valence-corrected chi connectivity index (χ2v) is 7.55. The zero-order valence-corrected chi connectivity index (χ0v) is 16.3. The second-order valence-electron chi connectivity index (χ2n) is 7.55. The average Bonchev–Trinajstić information content (AvgIpc) is 3.01. The Labute approximate surface area is 168 Å². The molecule has 1 saturated heterocycles. The molecule has 1 aromatic carbocycles. The van der Waals surface area contributed by atoms with Crippen LogP contribution in [-0.4, -0.2) is 39.6 Å². The summed E-state index contributed by atoms with van der Waals surface area (Å²) in [4.78, 5) is 24.4. The Balaban J connectivity index is 1.81. The molecule has 1 aliphatic rings. The van der Waals surface area contributed by atoms with Crippen LogP contribution in [0.25, 0.3) is 0 Å². The Morgan fingerprint density at radius 2 is 1.93 bits per heavy atom. The number of carboxylic acids is 1. The molecule has 2 N–H and O–H groups in total. The number of aliphatic hydroxyl groups is 1. The van der Waals surface area contributed by atoms with Crippen LogP contribution in [0.4, 0.5) is 13.2 Å². The van der Waals surface area contributed by atoms with E-state index < -0.39 is 23.8 Å². The molecule has 1 aliphatic heterocycles. The third-order valence-corrected chi connectivity index (χ3v) is 5.36. The molecule has 8 heteroatoms. The van der Waals surface area contributed by atoms with Gasteiger partial charge in [0.15, 0.2) is 0 Å². The highest BCUT2D eigenvalue weighted by molar-refractivity contribution is 5.78. The Hall–Kier alpha value is -2.09. The molecule has 0 saturated carbocycles. The van der Waals surface area contributed by atoms with Crippen molar-refractivity contribution < 1.29 is 33.0 Å². The summed E-state index contributed by atoms with van der Waals surface area (Å²) in [6.07, 6.45) is -0.302. The molecule has 1 amide bonds. The fourth-order valence-electron chi connectivity index (χ4n) is 3.75. The predicted molar refractivity (Wildman–Crippen MR) is 101 cm³/mol. The first-order valence-corrected chi connectivity index (χ1v) is 10.0. The van der Waals surface area contributed by atoms with Crippen LogP contribution in [0.2, 0.25) is 0 Å². The van der Waals surface area contributed by atoms with E-state index in [0.29, 0.717) is 32.2 Å². The maximum atomic E-state index is 12.8. The molecule has 1 heterocycles. The zero-order chi connectivity index (χ0) is 21.4. The number of hydrogen-bond donors (Lipinski definition) is 2. The zero-order valence-electron chi connectivity index (χ0n) is 16.3. The topological polar surface area (TPSA) is 77.8 Å². The number of carbonyl (C=O) groups excluding carboxylic acids is 1. The van der Waals surface area contributed by atoms with Crippen molar-refractivity contribution >= 4 is 11.9 Å². The van der Waals surface area contributed by atoms with Crippen molar-refractivity contribution in [1.29, 1.82) is 0 Å². The smallest absolute Gasteiger partial charge is 0.416 e. The number of carbonyl (C=O) groups is 2. The average molecular weight is 415 g/mol. The summed E-state index contributed by atoms with van der Waals surface area (Å²) in [7, 11) is 0. The number of aliphatic hydroxyl groups excluding tert-OH is 1. The summed E-state index contributed by atoms with van der Waals surface area (Å²) >= 11 is 0. The van der Waals surface area contributed by atoms with Crippen LogP contribution in [0.1, 0.15) is 75.0 Å². The quantitative estimate of drug-likeness (QED) is 0.520. The predicted octanol–water partition coefficient (Wildman–Crippen LogP) is 4.55. The molecule has 29 heavy (non-hydrogen) atoms. The van der Waals surface area contributed by atoms with Crippen LogP contribution in [0.15, 0.2) is 24.3 Å². The van der Waals surface area contributed by atoms with Gasteiger partial charge in [0.2, 0.25) is 5.91 Å². The Morgan fingerprint density at radius 1 is 1.21 bits per heavy atom. The number of hydrogen-bond acceptors (Lipinski definition) is 3. The largest absolute Gasteiger partial charge is 0.481 e. The number of benzene rings is 1. The lowest BCUT2D eigenvalue weighted by Crippen LogP contribution is -2.34. The molecule has 0 aliphatic carbocycles. The number of carboxylic acid groups (broad SMARTS) is 1. The number of halogens is 3. The van der Waals surface area contributed by atoms with Crippen LogP contribution < -0.4 is 0 Å². The SMILES string of the molecule is O=C(O)CCCCCCN1C(=O)CCC1CCC(O)c1cccc(C(F)(F)F)c1. The molecule has 2 unspecified atom stereocenters. The normalized spacial score (nSPS) is 18.3. The van der Waals surface area contributed by atoms with E-state index in [-0.39, 0.29) is 30.4 Å². The molecule has 2 atom stereocenters. The molecule has 0 aromatic heterocycles. The van der Waals surface area contributed by atoms with Crippen molar-refractivity contribution in [2.45, 2.75) is 76.1 Å². The van der Waals surface area contributed by atoms with E-state index >= 15 is 0 Å². The Kier molecular flexibility index (Phi) is 8.49. The van der Waals surface area contributed by atoms with Crippen LogP contribution in [-0.2, 0) is 15.8 Å². The molecule has 1 fully saturated rings. The number of nitrogens with zero attached hydrogens (tertiary/aromatic N) is 1. The van der Waals surface area contributed by atoms with Gasteiger partial charge < -0.3 is 15.1 Å². The van der Waals surface area contributed by atoms with Gasteiger partial charge in [0.25, 0.3) is 0 Å². The first-order valence-electron chi connectivity index (χ1n) is 10.0. The van der Waals surface area contributed by atoms with Gasteiger partial charge in [-0.3, -0.25) is 9.59 Å². The molecule has 0 spiro atoms. The third-order valence-electron chi connectivity index (χ3n) is 5.36. The van der Waals surface area contributed by atoms with Gasteiger partial charge in [0.1, 0.15) is 0 Å². The molecule has 0 bridgehead atoms. The molecule has 1 aromatic rings. The number of likely N-dealkylation sites (tertiary alicyclic amines) is 1. The van der Waals surface area contributed by atoms with Crippen molar-refractivity contribution in [2.75, 3.05) is 6.54 Å². The first kappa shape index (κ1) is 23.2. The van der Waals surface area contributed by atoms with Crippen molar-refractivity contribution in [2.24, 2.45) is 0 Å². The first-order chi connectivity index (χ1) is 13.7. The van der Waals surface area contributed by atoms with E-state index in [2.05, 4.69) is 0 Å². The highest BCUT2D eigenvalue weighted by atomic mass is 19.4. The van der Waals surface area contributed by atoms with E-state index in [9.17, 15) is 27.9 Å². The summed E-state index contributed by atoms with van der Waals surface area (Å²) in [6, 6.07) is 4.71. The molecular formula is C21H28F3NO4. The van der Waals surface area contributed by atoms with Crippen LogP contribution in [0.3, 0.4) is 0 Å². The summed E-state index contributed by atoms with van der Waals surface area (Å²) in [5.74, 6) is -0.742. The van der Waals surface area contributed by atoms with Crippen molar-refractivity contribution in [3.8, 4) is 0 Å². The van der Waals surface area contributed by atoms with Gasteiger partial charge in [-0.1, -0.05) is 25.0 Å². The van der Waals surface area contributed by atoms with E-state index in [1.165, 1.54) is 12.1 Å². The monoisotopic (exact) mass is 415 g/mol. The lowest BCUT2D eigenvalue weighted by molar-refractivity contribution is -0.138. The summed E-state index contributed by atoms with van der Waals surface area (Å²) < 4.78 is 38.5. The Morgan fingerprint density at radius 3 is 2.62 bits per heavy atom. The van der Waals surface area contributed by atoms with E-state index in [4.69, 9.17) is 5.11 Å². The third kappa shape index (κ3) is 7.34. The maximum Gasteiger partial charge on any atom is 0.416 e. The molecule has 0 radical (unpaired) electrons. The highest BCUT2D eigenvalue weighted by Crippen LogP contribution is 2.32. The van der Waals surface area contributed by atoms with E-state index in [1.807, 2.05) is 0 Å². The maximum absolute atomic E-state index is 12.8. The highest BCUT2D eigenvalue weighted by Gasteiger charge is 2.32. The lowest BCUT2D eigenvalue weighted by atomic mass is 9.99. The van der Waals surface area contributed by atoms with Crippen molar-refractivity contribution in [3.05, 3.63) is 35.4 Å². The van der Waals surface area contributed by atoms with Gasteiger partial charge in [0, 0.05) is 25.4 Å². The van der Waals surface area contributed by atoms with E-state index in [0.717, 1.165) is 31.4 Å². The molecule has 2 rings (SSSR count). The molecular weight excluding hydrogens is 387 g/mol. The fraction of sp³-hybridized carbons (Fsp3) is 0.619. The van der Waals surface area contributed by atoms with Gasteiger partial charge in [-0.2, -0.15) is 13.2 Å².